The number of anilines is 1. The van der Waals surface area contributed by atoms with E-state index in [1.165, 1.54) is 25.2 Å². The van der Waals surface area contributed by atoms with Gasteiger partial charge in [-0.3, -0.25) is 4.99 Å². The van der Waals surface area contributed by atoms with Gasteiger partial charge in [-0.2, -0.15) is 0 Å². The van der Waals surface area contributed by atoms with Crippen LogP contribution in [0.5, 0.6) is 0 Å². The molecule has 2 N–H and O–H groups in total. The summed E-state index contributed by atoms with van der Waals surface area (Å²) >= 11 is 0. The van der Waals surface area contributed by atoms with Crippen molar-refractivity contribution in [3.05, 3.63) is 23.3 Å². The van der Waals surface area contributed by atoms with Crippen LogP contribution in [0, 0.1) is 12.8 Å². The van der Waals surface area contributed by atoms with Crippen LogP contribution in [0.25, 0.3) is 0 Å². The van der Waals surface area contributed by atoms with E-state index in [2.05, 4.69) is 11.9 Å². The number of benzene rings is 1. The van der Waals surface area contributed by atoms with E-state index in [4.69, 9.17) is 5.73 Å². The van der Waals surface area contributed by atoms with Crippen LogP contribution >= 0.6 is 0 Å². The summed E-state index contributed by atoms with van der Waals surface area (Å²) in [7, 11) is -3.24. The van der Waals surface area contributed by atoms with E-state index in [0.717, 1.165) is 24.3 Å². The summed E-state index contributed by atoms with van der Waals surface area (Å²) in [5.41, 5.74) is 7.95. The first-order valence-corrected chi connectivity index (χ1v) is 9.30. The molecule has 0 saturated heterocycles. The van der Waals surface area contributed by atoms with Crippen LogP contribution in [0.4, 0.5) is 5.69 Å². The average molecular weight is 308 g/mol. The van der Waals surface area contributed by atoms with Gasteiger partial charge in [0.2, 0.25) is 0 Å². The highest BCUT2D eigenvalue weighted by Gasteiger charge is 2.17. The molecule has 0 unspecified atom stereocenters. The smallest absolute Gasteiger partial charge is 0.175 e. The third kappa shape index (κ3) is 4.06. The lowest BCUT2D eigenvalue weighted by molar-refractivity contribution is 0.350. The maximum Gasteiger partial charge on any atom is 0.175 e. The zero-order chi connectivity index (χ0) is 15.6. The molecule has 0 spiro atoms. The molecule has 0 aliphatic heterocycles. The largest absolute Gasteiger partial charge is 0.398 e. The fraction of sp³-hybridized carbons (Fsp3) is 0.562. The van der Waals surface area contributed by atoms with Crippen molar-refractivity contribution >= 4 is 21.7 Å². The zero-order valence-electron chi connectivity index (χ0n) is 13.0. The summed E-state index contributed by atoms with van der Waals surface area (Å²) in [6.45, 7) is 4.07. The number of rotatable bonds is 3. The van der Waals surface area contributed by atoms with Crippen molar-refractivity contribution in [1.82, 2.24) is 0 Å². The fourth-order valence-electron chi connectivity index (χ4n) is 2.81. The lowest BCUT2D eigenvalue weighted by Crippen LogP contribution is -2.15. The maximum atomic E-state index is 11.7. The second-order valence-electron chi connectivity index (χ2n) is 6.21. The van der Waals surface area contributed by atoms with Gasteiger partial charge < -0.3 is 5.73 Å². The van der Waals surface area contributed by atoms with E-state index in [0.29, 0.717) is 22.2 Å². The number of sulfone groups is 1. The molecule has 1 aromatic carbocycles. The monoisotopic (exact) mass is 308 g/mol. The van der Waals surface area contributed by atoms with Crippen molar-refractivity contribution in [1.29, 1.82) is 0 Å². The molecule has 0 atom stereocenters. The molecule has 5 heteroatoms. The van der Waals surface area contributed by atoms with Gasteiger partial charge in [-0.25, -0.2) is 8.42 Å². The molecular weight excluding hydrogens is 284 g/mol. The van der Waals surface area contributed by atoms with Crippen LogP contribution in [-0.2, 0) is 9.84 Å². The number of aliphatic imine (C=N–C) groups is 1. The topological polar surface area (TPSA) is 72.5 Å². The molecule has 21 heavy (non-hydrogen) atoms. The first-order valence-electron chi connectivity index (χ1n) is 7.40. The molecule has 1 aliphatic rings. The molecule has 0 heterocycles. The Bertz CT molecular complexity index is 642. The van der Waals surface area contributed by atoms with E-state index >= 15 is 0 Å². The van der Waals surface area contributed by atoms with Crippen LogP contribution in [-0.4, -0.2) is 26.9 Å². The predicted molar refractivity (Wildman–Crippen MR) is 87.7 cm³/mol. The second kappa shape index (κ2) is 6.18. The highest BCUT2D eigenvalue weighted by Crippen LogP contribution is 2.26. The number of aryl methyl sites for hydroxylation is 1. The molecule has 0 bridgehead atoms. The lowest BCUT2D eigenvalue weighted by Gasteiger charge is -2.23. The highest BCUT2D eigenvalue weighted by atomic mass is 32.2. The Hall–Kier alpha value is -1.36. The Kier molecular flexibility index (Phi) is 4.71. The van der Waals surface area contributed by atoms with E-state index < -0.39 is 9.84 Å². The van der Waals surface area contributed by atoms with Gasteiger partial charge in [-0.15, -0.1) is 0 Å². The summed E-state index contributed by atoms with van der Waals surface area (Å²) in [5.74, 6) is 0.804. The van der Waals surface area contributed by atoms with Gasteiger partial charge in [0.25, 0.3) is 0 Å². The minimum atomic E-state index is -3.24. The second-order valence-corrected chi connectivity index (χ2v) is 8.19. The lowest BCUT2D eigenvalue weighted by atomic mass is 9.88. The third-order valence-corrected chi connectivity index (χ3v) is 5.43. The molecular formula is C16H24N2O2S. The van der Waals surface area contributed by atoms with Crippen molar-refractivity contribution in [3.63, 3.8) is 0 Å². The Morgan fingerprint density at radius 3 is 2.43 bits per heavy atom. The molecule has 4 nitrogen and oxygen atoms in total. The molecule has 116 valence electrons. The van der Waals surface area contributed by atoms with Crippen LogP contribution in [0.2, 0.25) is 0 Å². The molecule has 0 radical (unpaired) electrons. The van der Waals surface area contributed by atoms with E-state index in [-0.39, 0.29) is 0 Å². The number of hydrogen-bond acceptors (Lipinski definition) is 4. The van der Waals surface area contributed by atoms with Crippen LogP contribution in [0.3, 0.4) is 0 Å². The van der Waals surface area contributed by atoms with Gasteiger partial charge in [0, 0.05) is 29.8 Å². The normalized spacial score (nSPS) is 23.6. The molecule has 1 aliphatic carbocycles. The van der Waals surface area contributed by atoms with Gasteiger partial charge in [-0.1, -0.05) is 6.92 Å². The van der Waals surface area contributed by atoms with Gasteiger partial charge >= 0.3 is 0 Å². The number of nitrogen functional groups attached to an aromatic ring is 1. The zero-order valence-corrected chi connectivity index (χ0v) is 13.8. The van der Waals surface area contributed by atoms with E-state index in [1.807, 2.05) is 0 Å². The third-order valence-electron chi connectivity index (χ3n) is 4.19. The first-order chi connectivity index (χ1) is 9.77. The summed E-state index contributed by atoms with van der Waals surface area (Å²) in [6.07, 6.45) is 7.70. The Morgan fingerprint density at radius 2 is 1.86 bits per heavy atom. The van der Waals surface area contributed by atoms with Crippen molar-refractivity contribution in [2.45, 2.75) is 50.5 Å². The predicted octanol–water partition coefficient (Wildman–Crippen LogP) is 2.98. The molecule has 1 fully saturated rings. The average Bonchev–Trinajstić information content (AvgIpc) is 2.40. The Balaban J connectivity index is 2.20. The van der Waals surface area contributed by atoms with Crippen molar-refractivity contribution < 1.29 is 8.42 Å². The van der Waals surface area contributed by atoms with Crippen molar-refractivity contribution in [2.75, 3.05) is 12.0 Å². The molecule has 0 amide bonds. The maximum absolute atomic E-state index is 11.7. The van der Waals surface area contributed by atoms with Crippen molar-refractivity contribution in [2.24, 2.45) is 10.9 Å². The molecule has 2 rings (SSSR count). The summed E-state index contributed by atoms with van der Waals surface area (Å²) in [5, 5.41) is 0. The van der Waals surface area contributed by atoms with Crippen LogP contribution in [0.1, 0.15) is 43.7 Å². The minimum Gasteiger partial charge on any atom is -0.398 e. The minimum absolute atomic E-state index is 0.295. The SMILES string of the molecule is Cc1cc(C=NC2CCC(C)CC2)c(N)cc1S(C)(=O)=O. The van der Waals surface area contributed by atoms with Gasteiger partial charge in [0.1, 0.15) is 0 Å². The number of nitrogens with two attached hydrogens (primary N) is 1. The molecule has 1 aromatic rings. The van der Waals surface area contributed by atoms with Crippen molar-refractivity contribution in [3.8, 4) is 0 Å². The van der Waals surface area contributed by atoms with Crippen LogP contribution < -0.4 is 5.73 Å². The fourth-order valence-corrected chi connectivity index (χ4v) is 3.80. The summed E-state index contributed by atoms with van der Waals surface area (Å²) in [6, 6.07) is 3.71. The van der Waals surface area contributed by atoms with Gasteiger partial charge in [-0.05, 0) is 56.2 Å². The van der Waals surface area contributed by atoms with Gasteiger partial charge in [0.15, 0.2) is 9.84 Å². The summed E-state index contributed by atoms with van der Waals surface area (Å²) in [4.78, 5) is 4.92. The van der Waals surface area contributed by atoms with Gasteiger partial charge in [0.05, 0.1) is 4.90 Å². The Morgan fingerprint density at radius 1 is 1.24 bits per heavy atom. The molecule has 1 saturated carbocycles. The molecule has 0 aromatic heterocycles. The summed E-state index contributed by atoms with van der Waals surface area (Å²) < 4.78 is 23.3. The van der Waals surface area contributed by atoms with E-state index in [1.54, 1.807) is 19.2 Å². The Labute approximate surface area is 127 Å². The van der Waals surface area contributed by atoms with Crippen LogP contribution in [0.15, 0.2) is 22.0 Å². The quantitative estimate of drug-likeness (QED) is 0.689. The highest BCUT2D eigenvalue weighted by molar-refractivity contribution is 7.90. The number of nitrogens with zero attached hydrogens (tertiary/aromatic N) is 1. The first kappa shape index (κ1) is 16.0. The van der Waals surface area contributed by atoms with E-state index in [9.17, 15) is 8.42 Å². The standard InChI is InChI=1S/C16H24N2O2S/c1-11-4-6-14(7-5-11)18-10-13-8-12(2)16(9-15(13)17)21(3,19)20/h8-11,14H,4-7,17H2,1-3H3. The number of hydrogen-bond donors (Lipinski definition) is 1.